The van der Waals surface area contributed by atoms with Crippen LogP contribution in [0.1, 0.15) is 0 Å². The van der Waals surface area contributed by atoms with Crippen LogP contribution in [0.5, 0.6) is 0 Å². The molecule has 0 bridgehead atoms. The van der Waals surface area contributed by atoms with Gasteiger partial charge in [-0.25, -0.2) is 5.10 Å². The van der Waals surface area contributed by atoms with Gasteiger partial charge in [0.15, 0.2) is 0 Å². The number of nitrogens with one attached hydrogen (secondary N) is 1. The number of aromatic nitrogens is 4. The minimum atomic E-state index is 0. The number of tetrazole rings is 1. The number of aromatic amines is 1. The second kappa shape index (κ2) is 9.36. The van der Waals surface area contributed by atoms with E-state index < -0.39 is 0 Å². The van der Waals surface area contributed by atoms with Gasteiger partial charge in [0.05, 0.1) is 0 Å². The summed E-state index contributed by atoms with van der Waals surface area (Å²) in [5.74, 6) is 0. The molecule has 72 valence electrons. The Kier molecular flexibility index (Phi) is 9.89. The number of hydrogen-bond acceptors (Lipinski definition) is 5. The Morgan fingerprint density at radius 1 is 1.07 bits per heavy atom. The summed E-state index contributed by atoms with van der Waals surface area (Å²) in [6.45, 7) is 0. The number of benzene rings is 1. The molecule has 1 aromatic carbocycles. The van der Waals surface area contributed by atoms with Gasteiger partial charge in [-0.2, -0.15) is 0 Å². The molecule has 0 aliphatic heterocycles. The Bertz CT molecular complexity index is 272. The Morgan fingerprint density at radius 2 is 1.71 bits per heavy atom. The van der Waals surface area contributed by atoms with E-state index in [1.54, 1.807) is 0 Å². The summed E-state index contributed by atoms with van der Waals surface area (Å²) in [5, 5.41) is 12.1. The Labute approximate surface area is 82.4 Å². The van der Waals surface area contributed by atoms with Crippen LogP contribution in [0.15, 0.2) is 36.7 Å². The van der Waals surface area contributed by atoms with Crippen molar-refractivity contribution in [2.45, 2.75) is 0 Å². The van der Waals surface area contributed by atoms with Gasteiger partial charge in [0, 0.05) is 0 Å². The first-order chi connectivity index (χ1) is 5.89. The molecule has 0 saturated carbocycles. The quantitative estimate of drug-likeness (QED) is 0.555. The molecule has 1 aromatic heterocycles. The molecule has 0 atom stereocenters. The molecule has 2 rings (SSSR count). The summed E-state index contributed by atoms with van der Waals surface area (Å²) in [6.07, 6.45) is 1.40. The molecule has 0 saturated heterocycles. The van der Waals surface area contributed by atoms with Crippen molar-refractivity contribution in [1.82, 2.24) is 20.6 Å². The maximum absolute atomic E-state index is 5.36. The van der Waals surface area contributed by atoms with Crippen molar-refractivity contribution in [3.63, 3.8) is 0 Å². The van der Waals surface area contributed by atoms with Crippen molar-refractivity contribution < 1.29 is 11.0 Å². The molecule has 6 nitrogen and oxygen atoms in total. The molecule has 7 heteroatoms. The first-order valence-electron chi connectivity index (χ1n) is 3.37. The molecule has 3 N–H and O–H groups in total. The van der Waals surface area contributed by atoms with Crippen LogP contribution in [0, 0.1) is 0 Å². The molecule has 0 spiro atoms. The largest absolute Gasteiger partial charge is 0.870 e. The van der Waals surface area contributed by atoms with E-state index in [1.165, 1.54) is 6.33 Å². The summed E-state index contributed by atoms with van der Waals surface area (Å²) in [5.41, 5.74) is 0.822. The standard InChI is InChI=1S/C6H5B.CH2N4.2H2O/c7-6-4-2-1-3-5-6;1-2-4-5-3-1;;/h1-5H;1H,(H,2,3,4,5);2*1H2/q+2;;;/p-2. The van der Waals surface area contributed by atoms with Gasteiger partial charge in [-0.15, -0.1) is 5.10 Å². The zero-order valence-corrected chi connectivity index (χ0v) is 7.28. The summed E-state index contributed by atoms with van der Waals surface area (Å²) in [4.78, 5) is 0. The van der Waals surface area contributed by atoms with Crippen molar-refractivity contribution in [3.05, 3.63) is 36.7 Å². The van der Waals surface area contributed by atoms with Crippen molar-refractivity contribution >= 4 is 13.3 Å². The van der Waals surface area contributed by atoms with E-state index in [1.807, 2.05) is 30.3 Å². The van der Waals surface area contributed by atoms with Crippen LogP contribution in [0.25, 0.3) is 0 Å². The van der Waals surface area contributed by atoms with Crippen LogP contribution in [-0.4, -0.2) is 39.4 Å². The monoisotopic (exact) mass is 192 g/mol. The third-order valence-corrected chi connectivity index (χ3v) is 1.07. The van der Waals surface area contributed by atoms with Crippen LogP contribution < -0.4 is 5.46 Å². The van der Waals surface area contributed by atoms with Crippen molar-refractivity contribution in [1.29, 1.82) is 0 Å². The van der Waals surface area contributed by atoms with E-state index in [4.69, 9.17) is 7.85 Å². The van der Waals surface area contributed by atoms with Crippen LogP contribution in [-0.2, 0) is 0 Å². The van der Waals surface area contributed by atoms with E-state index in [0.29, 0.717) is 0 Å². The number of hydrogen-bond donors (Lipinski definition) is 1. The Hall–Kier alpha value is -1.73. The molecular weight excluding hydrogens is 183 g/mol. The van der Waals surface area contributed by atoms with Gasteiger partial charge in [-0.05, 0) is 10.4 Å². The smallest absolute Gasteiger partial charge is 0.135 e. The second-order valence-electron chi connectivity index (χ2n) is 1.97. The van der Waals surface area contributed by atoms with Gasteiger partial charge >= 0.3 is 43.6 Å². The van der Waals surface area contributed by atoms with Crippen LogP contribution in [0.2, 0.25) is 0 Å². The summed E-state index contributed by atoms with van der Waals surface area (Å²) >= 11 is 0. The molecule has 0 aliphatic rings. The second-order valence-corrected chi connectivity index (χ2v) is 1.97. The molecule has 0 unspecified atom stereocenters. The van der Waals surface area contributed by atoms with Crippen molar-refractivity contribution in [3.8, 4) is 0 Å². The van der Waals surface area contributed by atoms with E-state index in [0.717, 1.165) is 5.46 Å². The van der Waals surface area contributed by atoms with E-state index >= 15 is 0 Å². The number of rotatable bonds is 0. The summed E-state index contributed by atoms with van der Waals surface area (Å²) in [7, 11) is 5.36. The third-order valence-electron chi connectivity index (χ3n) is 1.07. The molecule has 0 aliphatic carbocycles. The van der Waals surface area contributed by atoms with Gasteiger partial charge in [0.1, 0.15) is 6.33 Å². The van der Waals surface area contributed by atoms with Crippen LogP contribution in [0.3, 0.4) is 0 Å². The Balaban J connectivity index is 0. The average molecular weight is 192 g/mol. The normalized spacial score (nSPS) is 7.29. The zero-order chi connectivity index (χ0) is 8.65. The van der Waals surface area contributed by atoms with Crippen molar-refractivity contribution in [2.75, 3.05) is 0 Å². The topological polar surface area (TPSA) is 114 Å². The third kappa shape index (κ3) is 6.95. The predicted molar refractivity (Wildman–Crippen MR) is 49.9 cm³/mol. The van der Waals surface area contributed by atoms with E-state index in [-0.39, 0.29) is 11.0 Å². The maximum atomic E-state index is 5.36. The Morgan fingerprint density at radius 3 is 1.93 bits per heavy atom. The van der Waals surface area contributed by atoms with Gasteiger partial charge in [0.25, 0.3) is 0 Å². The zero-order valence-electron chi connectivity index (χ0n) is 7.28. The van der Waals surface area contributed by atoms with Gasteiger partial charge in [-0.3, -0.25) is 0 Å². The molecule has 14 heavy (non-hydrogen) atoms. The predicted octanol–water partition coefficient (Wildman–Crippen LogP) is -0.674. The fourth-order valence-electron chi connectivity index (χ4n) is 0.582. The van der Waals surface area contributed by atoms with Gasteiger partial charge in [-0.1, -0.05) is 0 Å². The minimum absolute atomic E-state index is 0. The van der Waals surface area contributed by atoms with E-state index in [2.05, 4.69) is 20.6 Å². The van der Waals surface area contributed by atoms with Gasteiger partial charge in [0.2, 0.25) is 0 Å². The molecular formula is C7H9BN4O2. The molecule has 2 aromatic rings. The fraction of sp³-hybridized carbons (Fsp3) is 0. The first kappa shape index (κ1) is 14.8. The van der Waals surface area contributed by atoms with Crippen LogP contribution in [0.4, 0.5) is 0 Å². The van der Waals surface area contributed by atoms with Crippen molar-refractivity contribution in [2.24, 2.45) is 0 Å². The summed E-state index contributed by atoms with van der Waals surface area (Å²) < 4.78 is 0. The molecule has 0 radical (unpaired) electrons. The molecule has 1 heterocycles. The molecule has 0 fully saturated rings. The average Bonchev–Trinajstić information content (AvgIpc) is 2.62. The SMILES string of the molecule is [B+2]c1ccccc1.[OH-].[OH-].c1nnn[nH]1. The number of H-pyrrole nitrogens is 1. The summed E-state index contributed by atoms with van der Waals surface area (Å²) in [6, 6.07) is 9.49. The minimum Gasteiger partial charge on any atom is -0.870 e. The number of nitrogens with zero attached hydrogens (tertiary/aromatic N) is 3. The van der Waals surface area contributed by atoms with Gasteiger partial charge < -0.3 is 11.0 Å². The maximum Gasteiger partial charge on any atom is 0.135 e. The molecule has 0 amide bonds. The van der Waals surface area contributed by atoms with Crippen LogP contribution >= 0.6 is 0 Å². The first-order valence-corrected chi connectivity index (χ1v) is 3.37. The van der Waals surface area contributed by atoms with E-state index in [9.17, 15) is 0 Å². The fourth-order valence-corrected chi connectivity index (χ4v) is 0.582.